The van der Waals surface area contributed by atoms with Crippen molar-refractivity contribution in [1.82, 2.24) is 5.32 Å². The maximum Gasteiger partial charge on any atom is 0.0623 e. The Morgan fingerprint density at radius 3 is 2.71 bits per heavy atom. The molecule has 0 unspecified atom stereocenters. The highest BCUT2D eigenvalue weighted by atomic mass is 16.5. The Kier molecular flexibility index (Phi) is 0.664. The summed E-state index contributed by atoms with van der Waals surface area (Å²) in [5.41, 5.74) is 0. The topological polar surface area (TPSA) is 21.3 Å². The van der Waals surface area contributed by atoms with Crippen LogP contribution in [0.3, 0.4) is 0 Å². The molecule has 7 heavy (non-hydrogen) atoms. The monoisotopic (exact) mass is 99.1 g/mol. The van der Waals surface area contributed by atoms with E-state index in [0.717, 1.165) is 25.2 Å². The van der Waals surface area contributed by atoms with E-state index in [2.05, 4.69) is 5.32 Å². The molecule has 2 saturated heterocycles. The third-order valence-electron chi connectivity index (χ3n) is 1.84. The number of nitrogens with one attached hydrogen (secondary N) is 1. The van der Waals surface area contributed by atoms with Crippen LogP contribution in [0.5, 0.6) is 0 Å². The Labute approximate surface area is 42.9 Å². The van der Waals surface area contributed by atoms with Crippen LogP contribution in [0.1, 0.15) is 0 Å². The standard InChI is InChI=1S/C5H9NO/c1-4-2-7-3-5(4)6-1/h4-6H,1-3H2/t4-,5-/m0/s1. The van der Waals surface area contributed by atoms with Crippen molar-refractivity contribution in [2.24, 2.45) is 5.92 Å². The molecular weight excluding hydrogens is 90.1 g/mol. The van der Waals surface area contributed by atoms with Crippen LogP contribution in [-0.4, -0.2) is 25.8 Å². The molecule has 40 valence electrons. The van der Waals surface area contributed by atoms with Gasteiger partial charge in [0.25, 0.3) is 0 Å². The molecule has 2 fully saturated rings. The van der Waals surface area contributed by atoms with E-state index in [4.69, 9.17) is 4.74 Å². The van der Waals surface area contributed by atoms with Crippen LogP contribution in [0.25, 0.3) is 0 Å². The highest BCUT2D eigenvalue weighted by Crippen LogP contribution is 2.19. The fourth-order valence-corrected chi connectivity index (χ4v) is 1.17. The molecule has 0 radical (unpaired) electrons. The van der Waals surface area contributed by atoms with Gasteiger partial charge in [0.15, 0.2) is 0 Å². The Hall–Kier alpha value is -0.0800. The van der Waals surface area contributed by atoms with Crippen molar-refractivity contribution in [3.63, 3.8) is 0 Å². The second-order valence-electron chi connectivity index (χ2n) is 2.31. The van der Waals surface area contributed by atoms with Crippen molar-refractivity contribution in [2.75, 3.05) is 19.8 Å². The number of fused-ring (bicyclic) bond motifs is 1. The largest absolute Gasteiger partial charge is 0.379 e. The average molecular weight is 99.1 g/mol. The third-order valence-corrected chi connectivity index (χ3v) is 1.84. The zero-order chi connectivity index (χ0) is 4.69. The first-order valence-electron chi connectivity index (χ1n) is 2.78. The van der Waals surface area contributed by atoms with Crippen LogP contribution in [0, 0.1) is 5.92 Å². The number of hydrogen-bond donors (Lipinski definition) is 1. The van der Waals surface area contributed by atoms with E-state index in [0.29, 0.717) is 0 Å². The second-order valence-corrected chi connectivity index (χ2v) is 2.31. The maximum atomic E-state index is 5.17. The van der Waals surface area contributed by atoms with E-state index < -0.39 is 0 Å². The smallest absolute Gasteiger partial charge is 0.0623 e. The number of rotatable bonds is 0. The Bertz CT molecular complexity index is 74.1. The van der Waals surface area contributed by atoms with Crippen molar-refractivity contribution in [3.8, 4) is 0 Å². The molecule has 0 aromatic rings. The molecule has 0 saturated carbocycles. The molecule has 1 N–H and O–H groups in total. The minimum Gasteiger partial charge on any atom is -0.379 e. The van der Waals surface area contributed by atoms with Crippen LogP contribution in [-0.2, 0) is 4.74 Å². The molecule has 0 aromatic heterocycles. The number of hydrogen-bond acceptors (Lipinski definition) is 2. The predicted octanol–water partition coefficient (Wildman–Crippen LogP) is -0.395. The molecule has 0 bridgehead atoms. The van der Waals surface area contributed by atoms with Gasteiger partial charge in [0.2, 0.25) is 0 Å². The lowest BCUT2D eigenvalue weighted by atomic mass is 9.96. The summed E-state index contributed by atoms with van der Waals surface area (Å²) in [6, 6.07) is 0.722. The van der Waals surface area contributed by atoms with E-state index in [1.807, 2.05) is 0 Å². The van der Waals surface area contributed by atoms with Crippen LogP contribution in [0.4, 0.5) is 0 Å². The first-order chi connectivity index (χ1) is 3.47. The first-order valence-corrected chi connectivity index (χ1v) is 2.78. The summed E-state index contributed by atoms with van der Waals surface area (Å²) in [5.74, 6) is 0.861. The van der Waals surface area contributed by atoms with Gasteiger partial charge in [-0.2, -0.15) is 0 Å². The van der Waals surface area contributed by atoms with Gasteiger partial charge in [0, 0.05) is 18.5 Å². The highest BCUT2D eigenvalue weighted by molar-refractivity contribution is 4.91. The zero-order valence-electron chi connectivity index (χ0n) is 4.18. The molecule has 0 amide bonds. The molecule has 2 heterocycles. The molecule has 2 aliphatic rings. The van der Waals surface area contributed by atoms with Crippen LogP contribution in [0.15, 0.2) is 0 Å². The van der Waals surface area contributed by atoms with Gasteiger partial charge in [0.05, 0.1) is 13.2 Å². The molecule has 2 aliphatic heterocycles. The van der Waals surface area contributed by atoms with Crippen LogP contribution < -0.4 is 5.32 Å². The minimum absolute atomic E-state index is 0.722. The van der Waals surface area contributed by atoms with Gasteiger partial charge in [-0.3, -0.25) is 0 Å². The third kappa shape index (κ3) is 0.409. The van der Waals surface area contributed by atoms with Crippen molar-refractivity contribution in [3.05, 3.63) is 0 Å². The van der Waals surface area contributed by atoms with E-state index in [1.165, 1.54) is 6.54 Å². The summed E-state index contributed by atoms with van der Waals surface area (Å²) in [6.07, 6.45) is 0. The average Bonchev–Trinajstić information content (AvgIpc) is 1.85. The molecule has 2 nitrogen and oxygen atoms in total. The maximum absolute atomic E-state index is 5.17. The Morgan fingerprint density at radius 1 is 1.43 bits per heavy atom. The quantitative estimate of drug-likeness (QED) is 0.446. The highest BCUT2D eigenvalue weighted by Gasteiger charge is 2.34. The number of ether oxygens (including phenoxy) is 1. The summed E-state index contributed by atoms with van der Waals surface area (Å²) in [7, 11) is 0. The van der Waals surface area contributed by atoms with Crippen LogP contribution in [0.2, 0.25) is 0 Å². The van der Waals surface area contributed by atoms with Crippen molar-refractivity contribution in [2.45, 2.75) is 6.04 Å². The van der Waals surface area contributed by atoms with E-state index in [9.17, 15) is 0 Å². The Balaban J connectivity index is 2.03. The van der Waals surface area contributed by atoms with Gasteiger partial charge in [0.1, 0.15) is 0 Å². The van der Waals surface area contributed by atoms with Gasteiger partial charge in [-0.25, -0.2) is 0 Å². The Morgan fingerprint density at radius 2 is 2.43 bits per heavy atom. The SMILES string of the molecule is C1N[C@H]2COC[C@H]12. The lowest BCUT2D eigenvalue weighted by Crippen LogP contribution is -2.51. The fourth-order valence-electron chi connectivity index (χ4n) is 1.17. The molecule has 2 heteroatoms. The molecule has 2 atom stereocenters. The molecule has 0 aromatic carbocycles. The first kappa shape index (κ1) is 3.87. The second kappa shape index (κ2) is 1.20. The van der Waals surface area contributed by atoms with Crippen LogP contribution >= 0.6 is 0 Å². The van der Waals surface area contributed by atoms with Gasteiger partial charge in [-0.05, 0) is 0 Å². The summed E-state index contributed by atoms with van der Waals surface area (Å²) >= 11 is 0. The molecular formula is C5H9NO. The molecule has 2 rings (SSSR count). The lowest BCUT2D eigenvalue weighted by molar-refractivity contribution is 0.191. The summed E-state index contributed by atoms with van der Waals surface area (Å²) in [5, 5.41) is 3.28. The van der Waals surface area contributed by atoms with Crippen molar-refractivity contribution < 1.29 is 4.74 Å². The summed E-state index contributed by atoms with van der Waals surface area (Å²) in [4.78, 5) is 0. The lowest BCUT2D eigenvalue weighted by Gasteiger charge is -2.29. The summed E-state index contributed by atoms with van der Waals surface area (Å²) < 4.78 is 5.17. The minimum atomic E-state index is 0.722. The summed E-state index contributed by atoms with van der Waals surface area (Å²) in [6.45, 7) is 3.13. The van der Waals surface area contributed by atoms with E-state index in [-0.39, 0.29) is 0 Å². The fraction of sp³-hybridized carbons (Fsp3) is 1.00. The van der Waals surface area contributed by atoms with Gasteiger partial charge in [-0.1, -0.05) is 0 Å². The zero-order valence-corrected chi connectivity index (χ0v) is 4.18. The van der Waals surface area contributed by atoms with Gasteiger partial charge >= 0.3 is 0 Å². The van der Waals surface area contributed by atoms with E-state index >= 15 is 0 Å². The normalized spacial score (nSPS) is 48.0. The molecule has 0 spiro atoms. The van der Waals surface area contributed by atoms with Crippen molar-refractivity contribution >= 4 is 0 Å². The van der Waals surface area contributed by atoms with E-state index in [1.54, 1.807) is 0 Å². The van der Waals surface area contributed by atoms with Gasteiger partial charge < -0.3 is 10.1 Å². The predicted molar refractivity (Wildman–Crippen MR) is 26.1 cm³/mol. The van der Waals surface area contributed by atoms with Gasteiger partial charge in [-0.15, -0.1) is 0 Å². The molecule has 0 aliphatic carbocycles. The van der Waals surface area contributed by atoms with Crippen molar-refractivity contribution in [1.29, 1.82) is 0 Å².